The second kappa shape index (κ2) is 5.16. The summed E-state index contributed by atoms with van der Waals surface area (Å²) >= 11 is 0. The Balaban J connectivity index is 3.24. The van der Waals surface area contributed by atoms with Crippen LogP contribution in [0.2, 0.25) is 0 Å². The quantitative estimate of drug-likeness (QED) is 0.734. The largest absolute Gasteiger partial charge is 0.418 e. The van der Waals surface area contributed by atoms with Crippen LogP contribution in [0.15, 0.2) is 18.2 Å². The third-order valence-corrected chi connectivity index (χ3v) is 3.22. The standard InChI is InChI=1S/C13H17F4N/c1-8(2)9(3)18(4)12-6-5-10(14)7-11(12)13(15,16)17/h5-9H,1-4H3. The van der Waals surface area contributed by atoms with E-state index in [9.17, 15) is 17.6 Å². The van der Waals surface area contributed by atoms with Gasteiger partial charge in [-0.1, -0.05) is 13.8 Å². The van der Waals surface area contributed by atoms with Crippen molar-refractivity contribution >= 4 is 5.69 Å². The zero-order valence-electron chi connectivity index (χ0n) is 10.8. The van der Waals surface area contributed by atoms with Crippen LogP contribution in [0.3, 0.4) is 0 Å². The van der Waals surface area contributed by atoms with Gasteiger partial charge in [-0.3, -0.25) is 0 Å². The van der Waals surface area contributed by atoms with Crippen LogP contribution in [-0.4, -0.2) is 13.1 Å². The lowest BCUT2D eigenvalue weighted by Crippen LogP contribution is -2.34. The molecular formula is C13H17F4N. The van der Waals surface area contributed by atoms with Crippen LogP contribution in [0.5, 0.6) is 0 Å². The van der Waals surface area contributed by atoms with Gasteiger partial charge in [-0.15, -0.1) is 0 Å². The maximum atomic E-state index is 13.0. The highest BCUT2D eigenvalue weighted by atomic mass is 19.4. The Labute approximate surface area is 104 Å². The first-order chi connectivity index (χ1) is 8.14. The molecule has 1 atom stereocenters. The summed E-state index contributed by atoms with van der Waals surface area (Å²) in [4.78, 5) is 1.53. The van der Waals surface area contributed by atoms with Gasteiger partial charge in [-0.05, 0) is 31.0 Å². The van der Waals surface area contributed by atoms with Gasteiger partial charge in [-0.25, -0.2) is 4.39 Å². The molecule has 1 rings (SSSR count). The van der Waals surface area contributed by atoms with E-state index in [1.807, 2.05) is 20.8 Å². The number of benzene rings is 1. The van der Waals surface area contributed by atoms with E-state index in [-0.39, 0.29) is 17.6 Å². The molecule has 0 spiro atoms. The lowest BCUT2D eigenvalue weighted by Gasteiger charge is -2.32. The fourth-order valence-corrected chi connectivity index (χ4v) is 1.71. The zero-order chi connectivity index (χ0) is 14.1. The van der Waals surface area contributed by atoms with Gasteiger partial charge in [0.05, 0.1) is 5.56 Å². The smallest absolute Gasteiger partial charge is 0.371 e. The molecule has 0 fully saturated rings. The fraction of sp³-hybridized carbons (Fsp3) is 0.538. The first kappa shape index (κ1) is 14.8. The Morgan fingerprint density at radius 1 is 1.11 bits per heavy atom. The summed E-state index contributed by atoms with van der Waals surface area (Å²) in [6, 6.07) is 2.70. The second-order valence-corrected chi connectivity index (χ2v) is 4.75. The minimum absolute atomic E-state index is 0.00472. The number of rotatable bonds is 3. The first-order valence-corrected chi connectivity index (χ1v) is 5.74. The van der Waals surface area contributed by atoms with E-state index >= 15 is 0 Å². The minimum Gasteiger partial charge on any atom is -0.371 e. The zero-order valence-corrected chi connectivity index (χ0v) is 10.8. The summed E-state index contributed by atoms with van der Waals surface area (Å²) in [5.41, 5.74) is -0.928. The van der Waals surface area contributed by atoms with Crippen molar-refractivity contribution in [3.05, 3.63) is 29.6 Å². The number of alkyl halides is 3. The molecule has 102 valence electrons. The lowest BCUT2D eigenvalue weighted by molar-refractivity contribution is -0.137. The van der Waals surface area contributed by atoms with Crippen molar-refractivity contribution in [2.75, 3.05) is 11.9 Å². The molecule has 5 heteroatoms. The molecule has 1 aromatic carbocycles. The molecule has 0 aliphatic rings. The number of hydrogen-bond acceptors (Lipinski definition) is 1. The Morgan fingerprint density at radius 3 is 2.11 bits per heavy atom. The topological polar surface area (TPSA) is 3.24 Å². The molecule has 0 aromatic heterocycles. The van der Waals surface area contributed by atoms with Crippen LogP contribution in [0.4, 0.5) is 23.2 Å². The molecule has 0 amide bonds. The number of anilines is 1. The van der Waals surface area contributed by atoms with Gasteiger partial charge in [0.15, 0.2) is 0 Å². The highest BCUT2D eigenvalue weighted by molar-refractivity contribution is 5.55. The molecular weight excluding hydrogens is 246 g/mol. The van der Waals surface area contributed by atoms with Crippen LogP contribution >= 0.6 is 0 Å². The maximum Gasteiger partial charge on any atom is 0.418 e. The van der Waals surface area contributed by atoms with Gasteiger partial charge in [0.2, 0.25) is 0 Å². The monoisotopic (exact) mass is 263 g/mol. The van der Waals surface area contributed by atoms with E-state index < -0.39 is 17.6 Å². The first-order valence-electron chi connectivity index (χ1n) is 5.74. The van der Waals surface area contributed by atoms with E-state index in [1.54, 1.807) is 7.05 Å². The highest BCUT2D eigenvalue weighted by Crippen LogP contribution is 2.37. The molecule has 0 aliphatic heterocycles. The molecule has 1 nitrogen and oxygen atoms in total. The lowest BCUT2D eigenvalue weighted by atomic mass is 10.0. The Kier molecular flexibility index (Phi) is 4.24. The van der Waals surface area contributed by atoms with Crippen LogP contribution in [0, 0.1) is 11.7 Å². The fourth-order valence-electron chi connectivity index (χ4n) is 1.71. The summed E-state index contributed by atoms with van der Waals surface area (Å²) < 4.78 is 51.6. The Morgan fingerprint density at radius 2 is 1.67 bits per heavy atom. The van der Waals surface area contributed by atoms with Gasteiger partial charge < -0.3 is 4.90 Å². The van der Waals surface area contributed by atoms with Crippen molar-refractivity contribution < 1.29 is 17.6 Å². The van der Waals surface area contributed by atoms with Crippen molar-refractivity contribution in [1.29, 1.82) is 0 Å². The predicted octanol–water partition coefficient (Wildman–Crippen LogP) is 4.33. The van der Waals surface area contributed by atoms with E-state index in [4.69, 9.17) is 0 Å². The molecule has 0 heterocycles. The third-order valence-electron chi connectivity index (χ3n) is 3.22. The van der Waals surface area contributed by atoms with Gasteiger partial charge in [0, 0.05) is 18.8 Å². The van der Waals surface area contributed by atoms with Gasteiger partial charge in [0.25, 0.3) is 0 Å². The van der Waals surface area contributed by atoms with Crippen LogP contribution in [0.25, 0.3) is 0 Å². The van der Waals surface area contributed by atoms with Crippen LogP contribution in [0.1, 0.15) is 26.3 Å². The molecule has 0 saturated carbocycles. The molecule has 0 aliphatic carbocycles. The molecule has 0 bridgehead atoms. The number of halogens is 4. The maximum absolute atomic E-state index is 13.0. The van der Waals surface area contributed by atoms with E-state index in [2.05, 4.69) is 0 Å². The molecule has 0 saturated heterocycles. The Bertz CT molecular complexity index is 412. The number of hydrogen-bond donors (Lipinski definition) is 0. The average Bonchev–Trinajstić information content (AvgIpc) is 2.25. The Hall–Kier alpha value is -1.26. The van der Waals surface area contributed by atoms with Crippen LogP contribution < -0.4 is 4.90 Å². The summed E-state index contributed by atoms with van der Waals surface area (Å²) in [7, 11) is 1.59. The third kappa shape index (κ3) is 3.15. The van der Waals surface area contributed by atoms with E-state index in [0.717, 1.165) is 6.07 Å². The van der Waals surface area contributed by atoms with Crippen LogP contribution in [-0.2, 0) is 6.18 Å². The van der Waals surface area contributed by atoms with E-state index in [0.29, 0.717) is 6.07 Å². The summed E-state index contributed by atoms with van der Waals surface area (Å²) in [5.74, 6) is -0.683. The van der Waals surface area contributed by atoms with Crippen molar-refractivity contribution in [2.45, 2.75) is 33.0 Å². The predicted molar refractivity (Wildman–Crippen MR) is 64.1 cm³/mol. The van der Waals surface area contributed by atoms with E-state index in [1.165, 1.54) is 11.0 Å². The van der Waals surface area contributed by atoms with Gasteiger partial charge in [0.1, 0.15) is 5.82 Å². The SMILES string of the molecule is CC(C)C(C)N(C)c1ccc(F)cc1C(F)(F)F. The number of nitrogens with zero attached hydrogens (tertiary/aromatic N) is 1. The molecule has 0 radical (unpaired) electrons. The summed E-state index contributed by atoms with van der Waals surface area (Å²) in [6.45, 7) is 5.70. The summed E-state index contributed by atoms with van der Waals surface area (Å²) in [5, 5.41) is 0. The minimum atomic E-state index is -4.55. The van der Waals surface area contributed by atoms with Crippen molar-refractivity contribution in [2.24, 2.45) is 5.92 Å². The normalized spacial score (nSPS) is 13.8. The van der Waals surface area contributed by atoms with Gasteiger partial charge in [-0.2, -0.15) is 13.2 Å². The molecule has 1 aromatic rings. The molecule has 0 N–H and O–H groups in total. The second-order valence-electron chi connectivity index (χ2n) is 4.75. The highest BCUT2D eigenvalue weighted by Gasteiger charge is 2.35. The molecule has 18 heavy (non-hydrogen) atoms. The molecule has 1 unspecified atom stereocenters. The van der Waals surface area contributed by atoms with Crippen molar-refractivity contribution in [3.8, 4) is 0 Å². The average molecular weight is 263 g/mol. The summed E-state index contributed by atoms with van der Waals surface area (Å²) in [6.07, 6.45) is -4.55. The van der Waals surface area contributed by atoms with Gasteiger partial charge >= 0.3 is 6.18 Å². The van der Waals surface area contributed by atoms with Crippen molar-refractivity contribution in [3.63, 3.8) is 0 Å². The van der Waals surface area contributed by atoms with Crippen molar-refractivity contribution in [1.82, 2.24) is 0 Å².